The maximum absolute atomic E-state index is 13.0. The topological polar surface area (TPSA) is 174 Å². The third-order valence-electron chi connectivity index (χ3n) is 9.43. The summed E-state index contributed by atoms with van der Waals surface area (Å²) in [6, 6.07) is 18.2. The van der Waals surface area contributed by atoms with E-state index in [-0.39, 0.29) is 36.5 Å². The van der Waals surface area contributed by atoms with Gasteiger partial charge in [0.2, 0.25) is 20.0 Å². The molecule has 3 N–H and O–H groups in total. The molecule has 2 aliphatic rings. The zero-order valence-corrected chi connectivity index (χ0v) is 37.8. The summed E-state index contributed by atoms with van der Waals surface area (Å²) in [5.74, 6) is -0.498. The van der Waals surface area contributed by atoms with Gasteiger partial charge in [-0.25, -0.2) is 35.9 Å². The molecule has 4 aromatic carbocycles. The molecule has 0 radical (unpaired) electrons. The fourth-order valence-corrected chi connectivity index (χ4v) is 11.0. The van der Waals surface area contributed by atoms with Gasteiger partial charge in [0, 0.05) is 32.2 Å². The van der Waals surface area contributed by atoms with E-state index in [0.29, 0.717) is 30.8 Å². The van der Waals surface area contributed by atoms with Crippen LogP contribution in [0.25, 0.3) is 0 Å². The predicted molar refractivity (Wildman–Crippen MR) is 232 cm³/mol. The summed E-state index contributed by atoms with van der Waals surface area (Å²) in [6.07, 6.45) is 6.04. The van der Waals surface area contributed by atoms with Crippen molar-refractivity contribution in [1.29, 1.82) is 0 Å². The zero-order valence-electron chi connectivity index (χ0n) is 33.1. The van der Waals surface area contributed by atoms with Crippen molar-refractivity contribution in [3.8, 4) is 11.5 Å². The highest BCUT2D eigenvalue weighted by molar-refractivity contribution is 7.89. The highest BCUT2D eigenvalue weighted by Crippen LogP contribution is 2.37. The van der Waals surface area contributed by atoms with E-state index in [1.54, 1.807) is 45.0 Å². The molecule has 0 bridgehead atoms. The average molecular weight is 945 g/mol. The number of hydrogen-bond donors (Lipinski definition) is 3. The van der Waals surface area contributed by atoms with E-state index in [1.807, 2.05) is 12.1 Å². The number of esters is 1. The molecule has 0 heterocycles. The van der Waals surface area contributed by atoms with Crippen molar-refractivity contribution in [3.63, 3.8) is 0 Å². The Morgan fingerprint density at radius 3 is 1.43 bits per heavy atom. The number of aliphatic carboxylic acids is 1. The highest BCUT2D eigenvalue weighted by Gasteiger charge is 2.29. The second kappa shape index (κ2) is 20.5. The highest BCUT2D eigenvalue weighted by atomic mass is 35.5. The molecule has 324 valence electrons. The lowest BCUT2D eigenvalue weighted by atomic mass is 9.99. The number of carbonyl (C=O) groups excluding carboxylic acids is 1. The molecule has 0 aromatic heterocycles. The lowest BCUT2D eigenvalue weighted by Gasteiger charge is -2.22. The van der Waals surface area contributed by atoms with Crippen LogP contribution < -0.4 is 18.9 Å². The largest absolute Gasteiger partial charge is 0.482 e. The minimum atomic E-state index is -3.86. The minimum Gasteiger partial charge on any atom is -0.482 e. The Balaban J connectivity index is 0.000000230. The second-order valence-electron chi connectivity index (χ2n) is 15.3. The Hall–Kier alpha value is -3.60. The molecular formula is C42H46Cl4N2O10S2. The Morgan fingerprint density at radius 1 is 0.650 bits per heavy atom. The van der Waals surface area contributed by atoms with E-state index in [2.05, 4.69) is 9.44 Å². The van der Waals surface area contributed by atoms with Gasteiger partial charge >= 0.3 is 11.9 Å². The lowest BCUT2D eigenvalue weighted by molar-refractivity contribution is -0.157. The smallest absolute Gasteiger partial charge is 0.344 e. The summed E-state index contributed by atoms with van der Waals surface area (Å²) in [7, 11) is -7.71. The number of carbonyl (C=O) groups is 2. The van der Waals surface area contributed by atoms with Crippen molar-refractivity contribution in [3.05, 3.63) is 115 Å². The van der Waals surface area contributed by atoms with Gasteiger partial charge in [-0.1, -0.05) is 83.5 Å². The van der Waals surface area contributed by atoms with Crippen LogP contribution in [0.2, 0.25) is 20.1 Å². The van der Waals surface area contributed by atoms with Crippen LogP contribution in [0.1, 0.15) is 93.6 Å². The number of carboxylic acid groups (broad SMARTS) is 1. The van der Waals surface area contributed by atoms with Crippen molar-refractivity contribution in [2.75, 3.05) is 13.2 Å². The molecule has 2 aliphatic carbocycles. The number of halogens is 4. The quantitative estimate of drug-likeness (QED) is 0.0917. The van der Waals surface area contributed by atoms with Crippen molar-refractivity contribution >= 4 is 78.4 Å². The third kappa shape index (κ3) is 13.4. The average Bonchev–Trinajstić information content (AvgIpc) is 3.48. The molecule has 2 unspecified atom stereocenters. The summed E-state index contributed by atoms with van der Waals surface area (Å²) in [5.41, 5.74) is 2.75. The summed E-state index contributed by atoms with van der Waals surface area (Å²) < 4.78 is 73.9. The van der Waals surface area contributed by atoms with E-state index in [1.165, 1.54) is 36.4 Å². The van der Waals surface area contributed by atoms with E-state index in [0.717, 1.165) is 54.4 Å². The first-order valence-electron chi connectivity index (χ1n) is 19.1. The van der Waals surface area contributed by atoms with E-state index in [4.69, 9.17) is 65.7 Å². The number of fused-ring (bicyclic) bond motifs is 2. The molecule has 0 spiro atoms. The van der Waals surface area contributed by atoms with E-state index < -0.39 is 56.3 Å². The number of sulfonamides is 2. The monoisotopic (exact) mass is 942 g/mol. The normalized spacial score (nSPS) is 16.8. The number of nitrogens with one attached hydrogen (secondary N) is 2. The predicted octanol–water partition coefficient (Wildman–Crippen LogP) is 9.66. The summed E-state index contributed by atoms with van der Waals surface area (Å²) in [6.45, 7) is 4.72. The van der Waals surface area contributed by atoms with Crippen molar-refractivity contribution in [2.45, 2.75) is 99.6 Å². The number of hydrogen-bond acceptors (Lipinski definition) is 9. The van der Waals surface area contributed by atoms with Crippen molar-refractivity contribution in [1.82, 2.24) is 9.44 Å². The maximum Gasteiger partial charge on any atom is 0.344 e. The van der Waals surface area contributed by atoms with Crippen LogP contribution in [-0.2, 0) is 47.2 Å². The molecule has 18 heteroatoms. The zero-order chi connectivity index (χ0) is 43.8. The minimum absolute atomic E-state index is 0.00548. The molecule has 0 aliphatic heterocycles. The fourth-order valence-electron chi connectivity index (χ4n) is 7.01. The Morgan fingerprint density at radius 2 is 1.05 bits per heavy atom. The van der Waals surface area contributed by atoms with Crippen LogP contribution in [-0.4, -0.2) is 52.7 Å². The Labute approximate surface area is 370 Å². The summed E-state index contributed by atoms with van der Waals surface area (Å²) in [5, 5.41) is 9.84. The van der Waals surface area contributed by atoms with Gasteiger partial charge in [0.15, 0.2) is 13.2 Å². The van der Waals surface area contributed by atoms with Gasteiger partial charge in [-0.05, 0) is 130 Å². The number of benzene rings is 4. The van der Waals surface area contributed by atoms with Gasteiger partial charge in [0.25, 0.3) is 0 Å². The van der Waals surface area contributed by atoms with Crippen molar-refractivity contribution in [2.24, 2.45) is 0 Å². The Bertz CT molecular complexity index is 2390. The van der Waals surface area contributed by atoms with Gasteiger partial charge in [-0.15, -0.1) is 0 Å². The SMILES string of the molecule is CC(C)(C)OC(=O)COc1cccc2c1CCCCC2NS(=O)(=O)c1cc(Cl)cc(Cl)c1.O=C(O)COc1cccc2c1CCCCC2NS(=O)(=O)c1cc(Cl)cc(Cl)c1. The van der Waals surface area contributed by atoms with Gasteiger partial charge in [0.05, 0.1) is 9.79 Å². The van der Waals surface area contributed by atoms with Crippen LogP contribution in [0.3, 0.4) is 0 Å². The third-order valence-corrected chi connectivity index (χ3v) is 13.2. The van der Waals surface area contributed by atoms with E-state index >= 15 is 0 Å². The van der Waals surface area contributed by atoms with Gasteiger partial charge in [0.1, 0.15) is 17.1 Å². The summed E-state index contributed by atoms with van der Waals surface area (Å²) >= 11 is 23.9. The molecule has 0 saturated carbocycles. The first-order chi connectivity index (χ1) is 28.2. The molecule has 0 amide bonds. The lowest BCUT2D eigenvalue weighted by Crippen LogP contribution is -2.29. The maximum atomic E-state index is 13.0. The Kier molecular flexibility index (Phi) is 16.2. The van der Waals surface area contributed by atoms with Crippen LogP contribution in [0.4, 0.5) is 0 Å². The molecular weight excluding hydrogens is 898 g/mol. The molecule has 2 atom stereocenters. The number of rotatable bonds is 12. The van der Waals surface area contributed by atoms with Crippen LogP contribution in [0.5, 0.6) is 11.5 Å². The van der Waals surface area contributed by atoms with Gasteiger partial charge in [-0.2, -0.15) is 0 Å². The number of ether oxygens (including phenoxy) is 3. The van der Waals surface area contributed by atoms with Gasteiger partial charge in [-0.3, -0.25) is 0 Å². The van der Waals surface area contributed by atoms with Crippen LogP contribution >= 0.6 is 46.4 Å². The van der Waals surface area contributed by atoms with Crippen LogP contribution in [0, 0.1) is 0 Å². The van der Waals surface area contributed by atoms with E-state index in [9.17, 15) is 26.4 Å². The second-order valence-corrected chi connectivity index (χ2v) is 20.4. The first-order valence-corrected chi connectivity index (χ1v) is 23.6. The molecule has 6 rings (SSSR count). The molecule has 60 heavy (non-hydrogen) atoms. The number of carboxylic acids is 1. The molecule has 0 saturated heterocycles. The molecule has 12 nitrogen and oxygen atoms in total. The molecule has 4 aromatic rings. The van der Waals surface area contributed by atoms with Gasteiger partial charge < -0.3 is 19.3 Å². The summed E-state index contributed by atoms with van der Waals surface area (Å²) in [4.78, 5) is 22.9. The first kappa shape index (κ1) is 47.4. The fraction of sp³-hybridized carbons (Fsp3) is 0.381. The molecule has 0 fully saturated rings. The van der Waals surface area contributed by atoms with Crippen LogP contribution in [0.15, 0.2) is 82.6 Å². The van der Waals surface area contributed by atoms with Crippen molar-refractivity contribution < 1.29 is 45.7 Å². The standard InChI is InChI=1S/C23H27Cl2NO5S.C19H19Cl2NO5S/c1-23(2,3)31-22(27)14-30-21-10-6-8-18-19(21)7-4-5-9-20(18)26-32(28,29)17-12-15(24)11-16(25)13-17;20-12-8-13(21)10-14(9-12)28(25,26)22-17-6-2-1-4-16-15(17)5-3-7-18(16)27-11-19(23)24/h6,8,10-13,20,26H,4-5,7,9,14H2,1-3H3;3,5,7-10,17,22H,1-2,4,6,11H2,(H,23,24).